The summed E-state index contributed by atoms with van der Waals surface area (Å²) in [4.78, 5) is 13.2. The first kappa shape index (κ1) is 25.0. The first-order valence-electron chi connectivity index (χ1n) is 10.7. The van der Waals surface area contributed by atoms with Crippen molar-refractivity contribution < 1.29 is 13.2 Å². The molecule has 1 atom stereocenters. The number of carbonyl (C=O) groups excluding carboxylic acids is 1. The summed E-state index contributed by atoms with van der Waals surface area (Å²) >= 11 is 6.18. The van der Waals surface area contributed by atoms with Gasteiger partial charge in [0.05, 0.1) is 34.4 Å². The lowest BCUT2D eigenvalue weighted by Crippen LogP contribution is -2.28. The van der Waals surface area contributed by atoms with Crippen LogP contribution in [0.25, 0.3) is 5.69 Å². The van der Waals surface area contributed by atoms with Gasteiger partial charge in [-0.2, -0.15) is 5.10 Å². The lowest BCUT2D eigenvalue weighted by atomic mass is 9.92. The maximum Gasteiger partial charge on any atom is 0.227 e. The van der Waals surface area contributed by atoms with Gasteiger partial charge in [-0.25, -0.2) is 13.1 Å². The Labute approximate surface area is 200 Å². The van der Waals surface area contributed by atoms with Gasteiger partial charge in [0.2, 0.25) is 5.91 Å². The molecule has 0 saturated heterocycles. The lowest BCUT2D eigenvalue weighted by Gasteiger charge is -2.15. The van der Waals surface area contributed by atoms with Crippen LogP contribution in [0.4, 0.5) is 0 Å². The van der Waals surface area contributed by atoms with Crippen molar-refractivity contribution >= 4 is 27.3 Å². The first-order valence-corrected chi connectivity index (χ1v) is 13.0. The predicted octanol–water partition coefficient (Wildman–Crippen LogP) is 4.96. The number of halogens is 1. The Balaban J connectivity index is 1.83. The van der Waals surface area contributed by atoms with Gasteiger partial charge in [0.15, 0.2) is 9.84 Å². The van der Waals surface area contributed by atoms with Crippen molar-refractivity contribution in [3.63, 3.8) is 0 Å². The minimum Gasteiger partial charge on any atom is -0.350 e. The predicted molar refractivity (Wildman–Crippen MR) is 132 cm³/mol. The van der Waals surface area contributed by atoms with E-state index in [1.54, 1.807) is 38.1 Å². The van der Waals surface area contributed by atoms with E-state index >= 15 is 0 Å². The van der Waals surface area contributed by atoms with Crippen molar-refractivity contribution in [3.05, 3.63) is 76.1 Å². The van der Waals surface area contributed by atoms with Gasteiger partial charge in [0, 0.05) is 16.7 Å². The second-order valence-electron chi connectivity index (χ2n) is 9.40. The third kappa shape index (κ3) is 5.84. The average molecular weight is 488 g/mol. The summed E-state index contributed by atoms with van der Waals surface area (Å²) in [6.07, 6.45) is 1.18. The van der Waals surface area contributed by atoms with Gasteiger partial charge in [-0.05, 0) is 55.3 Å². The van der Waals surface area contributed by atoms with E-state index in [-0.39, 0.29) is 16.2 Å². The Morgan fingerprint density at radius 1 is 1.15 bits per heavy atom. The zero-order valence-electron chi connectivity index (χ0n) is 19.8. The van der Waals surface area contributed by atoms with E-state index in [0.29, 0.717) is 17.1 Å². The van der Waals surface area contributed by atoms with Crippen molar-refractivity contribution in [1.82, 2.24) is 15.1 Å². The highest BCUT2D eigenvalue weighted by Gasteiger charge is 2.22. The van der Waals surface area contributed by atoms with Gasteiger partial charge >= 0.3 is 0 Å². The van der Waals surface area contributed by atoms with Crippen LogP contribution in [-0.2, 0) is 26.6 Å². The van der Waals surface area contributed by atoms with Crippen LogP contribution in [0.2, 0.25) is 5.02 Å². The van der Waals surface area contributed by atoms with Crippen LogP contribution in [0, 0.1) is 6.92 Å². The number of hydrogen-bond acceptors (Lipinski definition) is 4. The van der Waals surface area contributed by atoms with Gasteiger partial charge in [0.1, 0.15) is 0 Å². The molecular formula is C25H30ClN3O3S. The van der Waals surface area contributed by atoms with Gasteiger partial charge in [-0.3, -0.25) is 4.79 Å². The minimum atomic E-state index is -3.31. The SMILES string of the molecule is Cc1cc(C(C)C(=O)NCc2cc(C(C)(C)C)nn2-c2cccc(Cl)c2)ccc1S(C)(=O)=O. The number of hydrogen-bond donors (Lipinski definition) is 1. The summed E-state index contributed by atoms with van der Waals surface area (Å²) in [6, 6.07) is 14.4. The quantitative estimate of drug-likeness (QED) is 0.533. The van der Waals surface area contributed by atoms with Crippen LogP contribution >= 0.6 is 11.6 Å². The summed E-state index contributed by atoms with van der Waals surface area (Å²) in [5, 5.41) is 8.38. The molecule has 2 aromatic carbocycles. The standard InChI is InChI=1S/C25H30ClN3O3S/c1-16-12-18(10-11-22(16)33(6,31)32)17(2)24(30)27-15-21-14-23(25(3,4)5)28-29(21)20-9-7-8-19(26)13-20/h7-14,17H,15H2,1-6H3,(H,27,30). The monoisotopic (exact) mass is 487 g/mol. The summed E-state index contributed by atoms with van der Waals surface area (Å²) in [5.41, 5.74) is 3.80. The maximum atomic E-state index is 12.9. The summed E-state index contributed by atoms with van der Waals surface area (Å²) < 4.78 is 25.6. The number of nitrogens with zero attached hydrogens (tertiary/aromatic N) is 2. The highest BCUT2D eigenvalue weighted by molar-refractivity contribution is 7.90. The Bertz CT molecular complexity index is 1290. The van der Waals surface area contributed by atoms with Crippen molar-refractivity contribution in [1.29, 1.82) is 0 Å². The van der Waals surface area contributed by atoms with Crippen molar-refractivity contribution in [2.45, 2.75) is 57.4 Å². The molecule has 176 valence electrons. The Hall–Kier alpha value is -2.64. The van der Waals surface area contributed by atoms with Crippen LogP contribution in [0.15, 0.2) is 53.4 Å². The summed E-state index contributed by atoms with van der Waals surface area (Å²) in [6.45, 7) is 10.1. The molecule has 6 nitrogen and oxygen atoms in total. The molecule has 1 N–H and O–H groups in total. The second kappa shape index (κ2) is 9.31. The lowest BCUT2D eigenvalue weighted by molar-refractivity contribution is -0.122. The van der Waals surface area contributed by atoms with Crippen LogP contribution in [-0.4, -0.2) is 30.4 Å². The second-order valence-corrected chi connectivity index (χ2v) is 11.8. The van der Waals surface area contributed by atoms with Gasteiger partial charge in [-0.1, -0.05) is 50.6 Å². The zero-order chi connectivity index (χ0) is 24.6. The number of amides is 1. The third-order valence-corrected chi connectivity index (χ3v) is 7.03. The summed E-state index contributed by atoms with van der Waals surface area (Å²) in [5.74, 6) is -0.598. The molecule has 8 heteroatoms. The number of benzene rings is 2. The van der Waals surface area contributed by atoms with Crippen LogP contribution < -0.4 is 5.32 Å². The molecule has 3 aromatic rings. The normalized spacial score (nSPS) is 13.1. The number of carbonyl (C=O) groups is 1. The number of rotatable bonds is 6. The number of aromatic nitrogens is 2. The molecule has 0 saturated carbocycles. The third-order valence-electron chi connectivity index (χ3n) is 5.54. The van der Waals surface area contributed by atoms with Gasteiger partial charge in [0.25, 0.3) is 0 Å². The van der Waals surface area contributed by atoms with E-state index < -0.39 is 15.8 Å². The van der Waals surface area contributed by atoms with Crippen molar-refractivity contribution in [2.24, 2.45) is 0 Å². The van der Waals surface area contributed by atoms with Crippen LogP contribution in [0.3, 0.4) is 0 Å². The molecule has 0 aliphatic rings. The Morgan fingerprint density at radius 3 is 2.42 bits per heavy atom. The van der Waals surface area contributed by atoms with E-state index in [0.717, 1.165) is 22.6 Å². The van der Waals surface area contributed by atoms with Gasteiger partial charge < -0.3 is 5.32 Å². The van der Waals surface area contributed by atoms with Crippen LogP contribution in [0.1, 0.15) is 56.1 Å². The van der Waals surface area contributed by atoms with E-state index in [9.17, 15) is 13.2 Å². The molecule has 0 aliphatic heterocycles. The smallest absolute Gasteiger partial charge is 0.227 e. The minimum absolute atomic E-state index is 0.155. The van der Waals surface area contributed by atoms with Crippen molar-refractivity contribution in [3.8, 4) is 5.69 Å². The van der Waals surface area contributed by atoms with E-state index in [2.05, 4.69) is 26.1 Å². The molecule has 0 spiro atoms. The summed E-state index contributed by atoms with van der Waals surface area (Å²) in [7, 11) is -3.31. The molecule has 1 heterocycles. The maximum absolute atomic E-state index is 12.9. The number of sulfone groups is 1. The highest BCUT2D eigenvalue weighted by Crippen LogP contribution is 2.26. The average Bonchev–Trinajstić information content (AvgIpc) is 3.15. The first-order chi connectivity index (χ1) is 15.3. The highest BCUT2D eigenvalue weighted by atomic mass is 35.5. The molecule has 0 fully saturated rings. The number of nitrogens with one attached hydrogen (secondary N) is 1. The Morgan fingerprint density at radius 2 is 1.85 bits per heavy atom. The molecule has 3 rings (SSSR count). The van der Waals surface area contributed by atoms with E-state index in [1.165, 1.54) is 6.26 Å². The fraction of sp³-hybridized carbons (Fsp3) is 0.360. The molecule has 1 amide bonds. The molecule has 33 heavy (non-hydrogen) atoms. The van der Waals surface area contributed by atoms with E-state index in [1.807, 2.05) is 28.9 Å². The van der Waals surface area contributed by atoms with Gasteiger partial charge in [-0.15, -0.1) is 0 Å². The molecule has 1 unspecified atom stereocenters. The van der Waals surface area contributed by atoms with Crippen LogP contribution in [0.5, 0.6) is 0 Å². The Kier molecular flexibility index (Phi) is 7.05. The van der Waals surface area contributed by atoms with Crippen molar-refractivity contribution in [2.75, 3.05) is 6.26 Å². The largest absolute Gasteiger partial charge is 0.350 e. The van der Waals surface area contributed by atoms with E-state index in [4.69, 9.17) is 16.7 Å². The molecule has 1 aromatic heterocycles. The fourth-order valence-corrected chi connectivity index (χ4v) is 4.73. The molecule has 0 radical (unpaired) electrons. The molecule has 0 bridgehead atoms. The molecular weight excluding hydrogens is 458 g/mol. The zero-order valence-corrected chi connectivity index (χ0v) is 21.4. The topological polar surface area (TPSA) is 81.1 Å². The fourth-order valence-electron chi connectivity index (χ4n) is 3.58. The number of aryl methyl sites for hydroxylation is 1. The molecule has 0 aliphatic carbocycles.